The van der Waals surface area contributed by atoms with Crippen molar-refractivity contribution in [1.29, 1.82) is 0 Å². The SMILES string of the molecule is C=CCNC(=O)COC(=O)c1cc2c(C)nn(-c3ccccc3Cl)c2s1. The Kier molecular flexibility index (Phi) is 5.39. The summed E-state index contributed by atoms with van der Waals surface area (Å²) in [5.74, 6) is -0.928. The molecule has 0 atom stereocenters. The fraction of sp³-hybridized carbons (Fsp3) is 0.167. The van der Waals surface area contributed by atoms with E-state index in [1.54, 1.807) is 22.9 Å². The molecule has 2 aromatic heterocycles. The normalized spacial score (nSPS) is 10.7. The van der Waals surface area contributed by atoms with Gasteiger partial charge in [-0.3, -0.25) is 4.79 Å². The molecule has 0 bridgehead atoms. The zero-order chi connectivity index (χ0) is 18.7. The number of hydrogen-bond acceptors (Lipinski definition) is 5. The zero-order valence-electron chi connectivity index (χ0n) is 14.0. The molecule has 2 heterocycles. The lowest BCUT2D eigenvalue weighted by molar-refractivity contribution is -0.124. The van der Waals surface area contributed by atoms with Crippen LogP contribution in [-0.4, -0.2) is 34.8 Å². The largest absolute Gasteiger partial charge is 0.451 e. The van der Waals surface area contributed by atoms with Gasteiger partial charge in [-0.1, -0.05) is 29.8 Å². The highest BCUT2D eigenvalue weighted by atomic mass is 35.5. The standard InChI is InChI=1S/C18H16ClN3O3S/c1-3-8-20-16(23)10-25-18(24)15-9-12-11(2)21-22(17(12)26-15)14-7-5-4-6-13(14)19/h3-7,9H,1,8,10H2,2H3,(H,20,23). The Bertz CT molecular complexity index is 993. The predicted octanol–water partition coefficient (Wildman–Crippen LogP) is 3.51. The van der Waals surface area contributed by atoms with Crippen molar-refractivity contribution in [2.45, 2.75) is 6.92 Å². The van der Waals surface area contributed by atoms with Crippen molar-refractivity contribution in [3.63, 3.8) is 0 Å². The monoisotopic (exact) mass is 389 g/mol. The number of rotatable bonds is 6. The van der Waals surface area contributed by atoms with Crippen molar-refractivity contribution in [2.24, 2.45) is 0 Å². The maximum Gasteiger partial charge on any atom is 0.348 e. The van der Waals surface area contributed by atoms with Crippen LogP contribution in [0.25, 0.3) is 15.9 Å². The van der Waals surface area contributed by atoms with Gasteiger partial charge in [0.2, 0.25) is 0 Å². The summed E-state index contributed by atoms with van der Waals surface area (Å²) in [5, 5.41) is 8.46. The highest BCUT2D eigenvalue weighted by Crippen LogP contribution is 2.32. The van der Waals surface area contributed by atoms with Crippen molar-refractivity contribution < 1.29 is 14.3 Å². The Morgan fingerprint density at radius 3 is 2.92 bits per heavy atom. The molecule has 0 aliphatic rings. The van der Waals surface area contributed by atoms with Gasteiger partial charge in [0.1, 0.15) is 9.71 Å². The number of hydrogen-bond donors (Lipinski definition) is 1. The van der Waals surface area contributed by atoms with E-state index in [-0.39, 0.29) is 12.5 Å². The van der Waals surface area contributed by atoms with Gasteiger partial charge in [-0.25, -0.2) is 9.48 Å². The number of halogens is 1. The molecule has 6 nitrogen and oxygen atoms in total. The molecule has 0 saturated carbocycles. The number of nitrogens with one attached hydrogen (secondary N) is 1. The summed E-state index contributed by atoms with van der Waals surface area (Å²) >= 11 is 7.51. The number of carbonyl (C=O) groups is 2. The number of amides is 1. The van der Waals surface area contributed by atoms with Crippen LogP contribution in [0.15, 0.2) is 43.0 Å². The van der Waals surface area contributed by atoms with Gasteiger partial charge in [0, 0.05) is 11.9 Å². The molecule has 0 radical (unpaired) electrons. The van der Waals surface area contributed by atoms with Crippen LogP contribution in [0.5, 0.6) is 0 Å². The smallest absolute Gasteiger partial charge is 0.348 e. The average molecular weight is 390 g/mol. The summed E-state index contributed by atoms with van der Waals surface area (Å²) in [7, 11) is 0. The molecule has 0 aliphatic heterocycles. The molecule has 0 unspecified atom stereocenters. The maximum absolute atomic E-state index is 12.2. The molecule has 1 amide bonds. The molecular formula is C18H16ClN3O3S. The van der Waals surface area contributed by atoms with Crippen LogP contribution in [0.1, 0.15) is 15.4 Å². The van der Waals surface area contributed by atoms with E-state index >= 15 is 0 Å². The van der Waals surface area contributed by atoms with Gasteiger partial charge in [0.05, 0.1) is 16.4 Å². The first-order valence-corrected chi connectivity index (χ1v) is 8.99. The number of ether oxygens (including phenoxy) is 1. The first kappa shape index (κ1) is 18.2. The van der Waals surface area contributed by atoms with Crippen LogP contribution in [0, 0.1) is 6.92 Å². The molecule has 0 fully saturated rings. The van der Waals surface area contributed by atoms with Crippen molar-refractivity contribution >= 4 is 45.0 Å². The second-order valence-electron chi connectivity index (χ2n) is 5.45. The first-order chi connectivity index (χ1) is 12.5. The number of aryl methyl sites for hydroxylation is 1. The van der Waals surface area contributed by atoms with E-state index in [4.69, 9.17) is 16.3 Å². The number of nitrogens with zero attached hydrogens (tertiary/aromatic N) is 2. The Balaban J connectivity index is 1.85. The molecule has 0 aliphatic carbocycles. The number of esters is 1. The summed E-state index contributed by atoms with van der Waals surface area (Å²) in [5.41, 5.74) is 1.51. The Hall–Kier alpha value is -2.64. The van der Waals surface area contributed by atoms with E-state index in [0.29, 0.717) is 16.4 Å². The van der Waals surface area contributed by atoms with Crippen molar-refractivity contribution in [3.8, 4) is 5.69 Å². The van der Waals surface area contributed by atoms with Gasteiger partial charge in [0.15, 0.2) is 6.61 Å². The molecule has 3 aromatic rings. The molecule has 1 aromatic carbocycles. The van der Waals surface area contributed by atoms with Crippen molar-refractivity contribution in [3.05, 3.63) is 58.6 Å². The summed E-state index contributed by atoms with van der Waals surface area (Å²) in [6, 6.07) is 9.07. The van der Waals surface area contributed by atoms with E-state index in [1.165, 1.54) is 11.3 Å². The van der Waals surface area contributed by atoms with Gasteiger partial charge in [-0.05, 0) is 25.1 Å². The number of aromatic nitrogens is 2. The first-order valence-electron chi connectivity index (χ1n) is 7.80. The van der Waals surface area contributed by atoms with E-state index < -0.39 is 5.97 Å². The summed E-state index contributed by atoms with van der Waals surface area (Å²) in [6.07, 6.45) is 1.55. The van der Waals surface area contributed by atoms with Gasteiger partial charge in [-0.2, -0.15) is 5.10 Å². The Morgan fingerprint density at radius 2 is 2.19 bits per heavy atom. The predicted molar refractivity (Wildman–Crippen MR) is 102 cm³/mol. The summed E-state index contributed by atoms with van der Waals surface area (Å²) in [4.78, 5) is 25.0. The highest BCUT2D eigenvalue weighted by Gasteiger charge is 2.19. The third-order valence-electron chi connectivity index (χ3n) is 3.60. The van der Waals surface area contributed by atoms with Crippen LogP contribution in [0.2, 0.25) is 5.02 Å². The van der Waals surface area contributed by atoms with E-state index in [2.05, 4.69) is 17.0 Å². The van der Waals surface area contributed by atoms with Crippen molar-refractivity contribution in [2.75, 3.05) is 13.2 Å². The lowest BCUT2D eigenvalue weighted by Gasteiger charge is -2.05. The molecule has 8 heteroatoms. The Labute approximate surface area is 159 Å². The average Bonchev–Trinajstić information content (AvgIpc) is 3.19. The number of carbonyl (C=O) groups excluding carboxylic acids is 2. The second kappa shape index (κ2) is 7.72. The minimum atomic E-state index is -0.551. The van der Waals surface area contributed by atoms with E-state index in [0.717, 1.165) is 21.6 Å². The molecule has 134 valence electrons. The van der Waals surface area contributed by atoms with Crippen LogP contribution in [0.4, 0.5) is 0 Å². The Morgan fingerprint density at radius 1 is 1.42 bits per heavy atom. The molecule has 3 rings (SSSR count). The van der Waals surface area contributed by atoms with Crippen LogP contribution >= 0.6 is 22.9 Å². The molecule has 1 N–H and O–H groups in total. The minimum Gasteiger partial charge on any atom is -0.451 e. The molecular weight excluding hydrogens is 374 g/mol. The minimum absolute atomic E-state index is 0.326. The third-order valence-corrected chi connectivity index (χ3v) is 5.01. The molecule has 0 saturated heterocycles. The number of benzene rings is 1. The highest BCUT2D eigenvalue weighted by molar-refractivity contribution is 7.20. The van der Waals surface area contributed by atoms with Gasteiger partial charge >= 0.3 is 5.97 Å². The van der Waals surface area contributed by atoms with E-state index in [9.17, 15) is 9.59 Å². The van der Waals surface area contributed by atoms with E-state index in [1.807, 2.05) is 25.1 Å². The molecule has 26 heavy (non-hydrogen) atoms. The van der Waals surface area contributed by atoms with Gasteiger partial charge < -0.3 is 10.1 Å². The second-order valence-corrected chi connectivity index (χ2v) is 6.88. The maximum atomic E-state index is 12.2. The fourth-order valence-electron chi connectivity index (χ4n) is 2.37. The fourth-order valence-corrected chi connectivity index (χ4v) is 3.66. The lowest BCUT2D eigenvalue weighted by Crippen LogP contribution is -2.28. The third kappa shape index (κ3) is 3.63. The van der Waals surface area contributed by atoms with Crippen molar-refractivity contribution in [1.82, 2.24) is 15.1 Å². The summed E-state index contributed by atoms with van der Waals surface area (Å²) in [6.45, 7) is 5.35. The van der Waals surface area contributed by atoms with Crippen LogP contribution < -0.4 is 5.32 Å². The topological polar surface area (TPSA) is 73.2 Å². The van der Waals surface area contributed by atoms with Gasteiger partial charge in [-0.15, -0.1) is 17.9 Å². The zero-order valence-corrected chi connectivity index (χ0v) is 15.6. The lowest BCUT2D eigenvalue weighted by atomic mass is 10.3. The van der Waals surface area contributed by atoms with Gasteiger partial charge in [0.25, 0.3) is 5.91 Å². The number of para-hydroxylation sites is 1. The van der Waals surface area contributed by atoms with Crippen LogP contribution in [-0.2, 0) is 9.53 Å². The number of fused-ring (bicyclic) bond motifs is 1. The number of thiophene rings is 1. The molecule has 0 spiro atoms. The van der Waals surface area contributed by atoms with Crippen LogP contribution in [0.3, 0.4) is 0 Å². The summed E-state index contributed by atoms with van der Waals surface area (Å²) < 4.78 is 6.78. The quantitative estimate of drug-likeness (QED) is 0.517.